The number of amides is 1. The molecule has 1 radical (unpaired) electrons. The molecule has 0 bridgehead atoms. The van der Waals surface area contributed by atoms with Gasteiger partial charge in [-0.2, -0.15) is 0 Å². The standard InChI is InChI=1S/C8H14NO3/c1-3-9(2)8(10)12-7-4-5-11-6-7/h7H,1,3-6H2,2H3. The van der Waals surface area contributed by atoms with Crippen molar-refractivity contribution in [1.29, 1.82) is 0 Å². The molecule has 1 heterocycles. The molecule has 0 aromatic carbocycles. The zero-order valence-electron chi connectivity index (χ0n) is 7.28. The topological polar surface area (TPSA) is 38.8 Å². The van der Waals surface area contributed by atoms with Gasteiger partial charge in [-0.1, -0.05) is 0 Å². The number of hydrogen-bond acceptors (Lipinski definition) is 3. The third kappa shape index (κ3) is 2.37. The highest BCUT2D eigenvalue weighted by molar-refractivity contribution is 5.67. The Labute approximate surface area is 72.4 Å². The molecule has 69 valence electrons. The molecule has 0 aromatic heterocycles. The molecule has 4 nitrogen and oxygen atoms in total. The molecule has 0 spiro atoms. The summed E-state index contributed by atoms with van der Waals surface area (Å²) < 4.78 is 10.1. The van der Waals surface area contributed by atoms with E-state index in [4.69, 9.17) is 9.47 Å². The first-order valence-corrected chi connectivity index (χ1v) is 4.02. The predicted molar refractivity (Wildman–Crippen MR) is 43.7 cm³/mol. The molecule has 1 aliphatic rings. The van der Waals surface area contributed by atoms with Crippen LogP contribution in [0, 0.1) is 6.92 Å². The molecule has 0 aliphatic carbocycles. The lowest BCUT2D eigenvalue weighted by atomic mass is 10.3. The van der Waals surface area contributed by atoms with Gasteiger partial charge in [0, 0.05) is 20.0 Å². The van der Waals surface area contributed by atoms with E-state index in [1.807, 2.05) is 0 Å². The third-order valence-corrected chi connectivity index (χ3v) is 1.80. The van der Waals surface area contributed by atoms with Crippen molar-refractivity contribution in [2.45, 2.75) is 12.5 Å². The number of nitrogens with zero attached hydrogens (tertiary/aromatic N) is 1. The van der Waals surface area contributed by atoms with Crippen molar-refractivity contribution in [2.24, 2.45) is 0 Å². The maximum atomic E-state index is 11.1. The van der Waals surface area contributed by atoms with Crippen LogP contribution in [0.25, 0.3) is 0 Å². The van der Waals surface area contributed by atoms with Gasteiger partial charge in [0.15, 0.2) is 0 Å². The van der Waals surface area contributed by atoms with E-state index in [0.29, 0.717) is 19.8 Å². The quantitative estimate of drug-likeness (QED) is 0.614. The van der Waals surface area contributed by atoms with Gasteiger partial charge in [0.25, 0.3) is 0 Å². The van der Waals surface area contributed by atoms with Crippen LogP contribution >= 0.6 is 0 Å². The van der Waals surface area contributed by atoms with Gasteiger partial charge in [0.2, 0.25) is 0 Å². The van der Waals surface area contributed by atoms with Crippen molar-refractivity contribution in [3.05, 3.63) is 6.92 Å². The molecule has 1 aliphatic heterocycles. The molecule has 4 heteroatoms. The molecule has 1 fully saturated rings. The van der Waals surface area contributed by atoms with E-state index in [-0.39, 0.29) is 12.2 Å². The van der Waals surface area contributed by atoms with Crippen LogP contribution in [0.5, 0.6) is 0 Å². The van der Waals surface area contributed by atoms with E-state index in [1.54, 1.807) is 7.05 Å². The van der Waals surface area contributed by atoms with Crippen LogP contribution in [0.3, 0.4) is 0 Å². The first-order chi connectivity index (χ1) is 5.74. The zero-order chi connectivity index (χ0) is 8.97. The molecule has 12 heavy (non-hydrogen) atoms. The van der Waals surface area contributed by atoms with Gasteiger partial charge in [-0.25, -0.2) is 4.79 Å². The molecule has 0 aromatic rings. The predicted octanol–water partition coefficient (Wildman–Crippen LogP) is 0.678. The monoisotopic (exact) mass is 172 g/mol. The van der Waals surface area contributed by atoms with E-state index in [2.05, 4.69) is 6.92 Å². The fourth-order valence-electron chi connectivity index (χ4n) is 0.930. The molecule has 1 saturated heterocycles. The van der Waals surface area contributed by atoms with Crippen LogP contribution in [0.2, 0.25) is 0 Å². The highest BCUT2D eigenvalue weighted by Gasteiger charge is 2.21. The highest BCUT2D eigenvalue weighted by atomic mass is 16.6. The van der Waals surface area contributed by atoms with Gasteiger partial charge in [-0.15, -0.1) is 0 Å². The normalized spacial score (nSPS) is 22.3. The van der Waals surface area contributed by atoms with Crippen LogP contribution in [0.4, 0.5) is 4.79 Å². The number of carbonyl (C=O) groups is 1. The van der Waals surface area contributed by atoms with Crippen molar-refractivity contribution in [1.82, 2.24) is 4.90 Å². The second-order valence-corrected chi connectivity index (χ2v) is 2.79. The van der Waals surface area contributed by atoms with Crippen LogP contribution in [-0.4, -0.2) is 43.9 Å². The van der Waals surface area contributed by atoms with Crippen molar-refractivity contribution in [2.75, 3.05) is 26.8 Å². The van der Waals surface area contributed by atoms with Gasteiger partial charge in [0.05, 0.1) is 13.2 Å². The summed E-state index contributed by atoms with van der Waals surface area (Å²) in [7, 11) is 1.66. The summed E-state index contributed by atoms with van der Waals surface area (Å²) in [5.41, 5.74) is 0. The van der Waals surface area contributed by atoms with Gasteiger partial charge in [0.1, 0.15) is 6.10 Å². The Morgan fingerprint density at radius 2 is 2.58 bits per heavy atom. The lowest BCUT2D eigenvalue weighted by Crippen LogP contribution is -2.31. The highest BCUT2D eigenvalue weighted by Crippen LogP contribution is 2.09. The molecule has 1 unspecified atom stereocenters. The largest absolute Gasteiger partial charge is 0.444 e. The molecular formula is C8H14NO3. The Morgan fingerprint density at radius 1 is 1.83 bits per heavy atom. The van der Waals surface area contributed by atoms with Crippen LogP contribution in [-0.2, 0) is 9.47 Å². The summed E-state index contributed by atoms with van der Waals surface area (Å²) in [6.07, 6.45) is 0.420. The fourth-order valence-corrected chi connectivity index (χ4v) is 0.930. The van der Waals surface area contributed by atoms with E-state index in [0.717, 1.165) is 6.42 Å². The first-order valence-electron chi connectivity index (χ1n) is 4.02. The maximum Gasteiger partial charge on any atom is 0.409 e. The van der Waals surface area contributed by atoms with Crippen molar-refractivity contribution >= 4 is 6.09 Å². The SMILES string of the molecule is [CH2]CN(C)C(=O)OC1CCOC1. The van der Waals surface area contributed by atoms with E-state index < -0.39 is 0 Å². The molecule has 1 amide bonds. The van der Waals surface area contributed by atoms with E-state index in [9.17, 15) is 4.79 Å². The van der Waals surface area contributed by atoms with Crippen LogP contribution < -0.4 is 0 Å². The molecule has 1 atom stereocenters. The summed E-state index contributed by atoms with van der Waals surface area (Å²) >= 11 is 0. The summed E-state index contributed by atoms with van der Waals surface area (Å²) in [5.74, 6) is 0. The van der Waals surface area contributed by atoms with Crippen molar-refractivity contribution < 1.29 is 14.3 Å². The van der Waals surface area contributed by atoms with E-state index in [1.165, 1.54) is 4.90 Å². The number of hydrogen-bond donors (Lipinski definition) is 0. The third-order valence-electron chi connectivity index (χ3n) is 1.80. The number of rotatable bonds is 2. The Bertz CT molecular complexity index is 154. The van der Waals surface area contributed by atoms with Gasteiger partial charge < -0.3 is 14.4 Å². The molecular weight excluding hydrogens is 158 g/mol. The summed E-state index contributed by atoms with van der Waals surface area (Å²) in [6.45, 7) is 5.21. The van der Waals surface area contributed by atoms with Gasteiger partial charge in [-0.3, -0.25) is 0 Å². The Balaban J connectivity index is 2.25. The first kappa shape index (κ1) is 9.32. The molecule has 1 rings (SSSR count). The number of ether oxygens (including phenoxy) is 2. The molecule has 0 N–H and O–H groups in total. The summed E-state index contributed by atoms with van der Waals surface area (Å²) in [5, 5.41) is 0. The summed E-state index contributed by atoms with van der Waals surface area (Å²) in [4.78, 5) is 12.6. The van der Waals surface area contributed by atoms with E-state index >= 15 is 0 Å². The summed E-state index contributed by atoms with van der Waals surface area (Å²) in [6, 6.07) is 0. The minimum absolute atomic E-state index is 0.0634. The Morgan fingerprint density at radius 3 is 3.08 bits per heavy atom. The molecule has 0 saturated carbocycles. The van der Waals surface area contributed by atoms with Crippen LogP contribution in [0.1, 0.15) is 6.42 Å². The van der Waals surface area contributed by atoms with Crippen molar-refractivity contribution in [3.63, 3.8) is 0 Å². The minimum Gasteiger partial charge on any atom is -0.444 e. The fraction of sp³-hybridized carbons (Fsp3) is 0.750. The zero-order valence-corrected chi connectivity index (χ0v) is 7.28. The number of carbonyl (C=O) groups excluding carboxylic acids is 1. The Kier molecular flexibility index (Phi) is 3.34. The second kappa shape index (κ2) is 4.30. The van der Waals surface area contributed by atoms with Gasteiger partial charge >= 0.3 is 6.09 Å². The lowest BCUT2D eigenvalue weighted by molar-refractivity contribution is 0.0621. The Hall–Kier alpha value is -0.770. The average Bonchev–Trinajstić information content (AvgIpc) is 2.55. The van der Waals surface area contributed by atoms with Crippen LogP contribution in [0.15, 0.2) is 0 Å². The van der Waals surface area contributed by atoms with Gasteiger partial charge in [-0.05, 0) is 6.92 Å². The average molecular weight is 172 g/mol. The lowest BCUT2D eigenvalue weighted by Gasteiger charge is -2.17. The minimum atomic E-state index is -0.319. The maximum absolute atomic E-state index is 11.1. The van der Waals surface area contributed by atoms with Crippen molar-refractivity contribution in [3.8, 4) is 0 Å². The smallest absolute Gasteiger partial charge is 0.409 e. The second-order valence-electron chi connectivity index (χ2n) is 2.79.